The lowest BCUT2D eigenvalue weighted by Gasteiger charge is -2.42. The highest BCUT2D eigenvalue weighted by molar-refractivity contribution is 5.97. The highest BCUT2D eigenvalue weighted by Gasteiger charge is 2.38. The molecule has 2 aromatic carbocycles. The first-order valence-corrected chi connectivity index (χ1v) is 15.2. The molecule has 0 spiro atoms. The van der Waals surface area contributed by atoms with Gasteiger partial charge in [0, 0.05) is 61.4 Å². The Labute approximate surface area is 242 Å². The maximum Gasteiger partial charge on any atom is 0.318 e. The van der Waals surface area contributed by atoms with Crippen molar-refractivity contribution in [1.29, 1.82) is 0 Å². The maximum atomic E-state index is 12.8. The first-order chi connectivity index (χ1) is 20.0. The number of ether oxygens (including phenoxy) is 1. The Morgan fingerprint density at radius 2 is 1.90 bits per heavy atom. The molecule has 3 saturated heterocycles. The Kier molecular flexibility index (Phi) is 6.95. The third-order valence-electron chi connectivity index (χ3n) is 9.45. The molecule has 4 aliphatic rings. The SMILES string of the molecule is Cc1cccc2cccc(N3CCc4c(nc(OC[C@@H]5CCCN5C)nc4N4CCN(C(=O)[C@@H]5CN5)[C@@H](C)C4)C3)c12. The average molecular weight is 556 g/mol. The van der Waals surface area contributed by atoms with Crippen molar-refractivity contribution < 1.29 is 9.53 Å². The van der Waals surface area contributed by atoms with Gasteiger partial charge in [0.05, 0.1) is 18.3 Å². The monoisotopic (exact) mass is 555 g/mol. The fourth-order valence-corrected chi connectivity index (χ4v) is 6.96. The molecular weight excluding hydrogens is 514 g/mol. The highest BCUT2D eigenvalue weighted by Crippen LogP contribution is 2.36. The van der Waals surface area contributed by atoms with E-state index in [1.165, 1.54) is 34.0 Å². The van der Waals surface area contributed by atoms with E-state index in [9.17, 15) is 4.79 Å². The van der Waals surface area contributed by atoms with Crippen LogP contribution >= 0.6 is 0 Å². The molecular formula is C32H41N7O2. The smallest absolute Gasteiger partial charge is 0.318 e. The van der Waals surface area contributed by atoms with E-state index >= 15 is 0 Å². The predicted molar refractivity (Wildman–Crippen MR) is 162 cm³/mol. The fourth-order valence-electron chi connectivity index (χ4n) is 6.96. The van der Waals surface area contributed by atoms with Crippen LogP contribution in [0.2, 0.25) is 0 Å². The summed E-state index contributed by atoms with van der Waals surface area (Å²) in [6.45, 7) is 10.7. The molecule has 5 heterocycles. The van der Waals surface area contributed by atoms with Crippen molar-refractivity contribution in [2.75, 3.05) is 62.7 Å². The number of carbonyl (C=O) groups is 1. The van der Waals surface area contributed by atoms with Crippen LogP contribution in [0.25, 0.3) is 10.8 Å². The van der Waals surface area contributed by atoms with Crippen molar-refractivity contribution in [1.82, 2.24) is 25.1 Å². The second-order valence-corrected chi connectivity index (χ2v) is 12.3. The molecule has 7 rings (SSSR count). The zero-order valence-corrected chi connectivity index (χ0v) is 24.5. The lowest BCUT2D eigenvalue weighted by atomic mass is 9.99. The van der Waals surface area contributed by atoms with Gasteiger partial charge in [0.25, 0.3) is 0 Å². The molecule has 0 radical (unpaired) electrons. The van der Waals surface area contributed by atoms with Crippen LogP contribution in [0, 0.1) is 6.92 Å². The van der Waals surface area contributed by atoms with E-state index in [-0.39, 0.29) is 18.0 Å². The number of carbonyl (C=O) groups excluding carboxylic acids is 1. The number of hydrogen-bond acceptors (Lipinski definition) is 8. The van der Waals surface area contributed by atoms with Crippen molar-refractivity contribution in [3.8, 4) is 6.01 Å². The molecule has 216 valence electrons. The first kappa shape index (κ1) is 26.5. The number of aryl methyl sites for hydroxylation is 1. The molecule has 41 heavy (non-hydrogen) atoms. The van der Waals surface area contributed by atoms with E-state index in [1.807, 2.05) is 4.90 Å². The summed E-state index contributed by atoms with van der Waals surface area (Å²) in [6.07, 6.45) is 3.22. The minimum atomic E-state index is 0.00761. The van der Waals surface area contributed by atoms with Crippen LogP contribution in [0.5, 0.6) is 6.01 Å². The Morgan fingerprint density at radius 1 is 1.07 bits per heavy atom. The number of likely N-dealkylation sites (N-methyl/N-ethyl adjacent to an activating group) is 1. The Morgan fingerprint density at radius 3 is 2.66 bits per heavy atom. The van der Waals surface area contributed by atoms with Crippen LogP contribution in [0.3, 0.4) is 0 Å². The summed E-state index contributed by atoms with van der Waals surface area (Å²) in [6, 6.07) is 14.1. The van der Waals surface area contributed by atoms with E-state index in [0.29, 0.717) is 25.2 Å². The minimum absolute atomic E-state index is 0.00761. The summed E-state index contributed by atoms with van der Waals surface area (Å²) < 4.78 is 6.33. The second kappa shape index (κ2) is 10.8. The Bertz CT molecular complexity index is 1450. The van der Waals surface area contributed by atoms with Gasteiger partial charge in [0.1, 0.15) is 12.4 Å². The van der Waals surface area contributed by atoms with Crippen molar-refractivity contribution >= 4 is 28.2 Å². The zero-order valence-electron chi connectivity index (χ0n) is 24.5. The average Bonchev–Trinajstić information content (AvgIpc) is 3.76. The molecule has 0 bridgehead atoms. The van der Waals surface area contributed by atoms with Gasteiger partial charge in [-0.15, -0.1) is 0 Å². The molecule has 1 amide bonds. The van der Waals surface area contributed by atoms with Crippen molar-refractivity contribution in [3.63, 3.8) is 0 Å². The first-order valence-electron chi connectivity index (χ1n) is 15.2. The van der Waals surface area contributed by atoms with Gasteiger partial charge in [-0.1, -0.05) is 30.3 Å². The standard InChI is InChI=1S/C32H41N7O2/c1-21-7-4-8-23-9-5-11-28(29(21)23)37-14-12-25-27(19-37)34-32(41-20-24-10-6-13-36(24)3)35-30(25)38-15-16-39(22(2)18-38)31(40)26-17-33-26/h4-5,7-9,11,22,24,26,33H,6,10,12-20H2,1-3H3/t22-,24-,26-/m0/s1. The van der Waals surface area contributed by atoms with E-state index in [0.717, 1.165) is 63.6 Å². The number of likely N-dealkylation sites (tertiary alicyclic amines) is 1. The quantitative estimate of drug-likeness (QED) is 0.465. The third kappa shape index (κ3) is 5.10. The van der Waals surface area contributed by atoms with Gasteiger partial charge in [0.2, 0.25) is 5.91 Å². The number of hydrogen-bond donors (Lipinski definition) is 1. The van der Waals surface area contributed by atoms with Crippen LogP contribution in [-0.4, -0.2) is 96.7 Å². The summed E-state index contributed by atoms with van der Waals surface area (Å²) in [7, 11) is 2.17. The largest absolute Gasteiger partial charge is 0.462 e. The van der Waals surface area contributed by atoms with Crippen LogP contribution in [0.15, 0.2) is 36.4 Å². The number of anilines is 2. The summed E-state index contributed by atoms with van der Waals surface area (Å²) in [5, 5.41) is 5.75. The number of rotatable bonds is 6. The molecule has 0 saturated carbocycles. The van der Waals surface area contributed by atoms with Gasteiger partial charge >= 0.3 is 6.01 Å². The molecule has 1 N–H and O–H groups in total. The number of benzene rings is 2. The van der Waals surface area contributed by atoms with Gasteiger partial charge in [-0.05, 0) is 63.7 Å². The lowest BCUT2D eigenvalue weighted by molar-refractivity contribution is -0.133. The summed E-state index contributed by atoms with van der Waals surface area (Å²) in [5.41, 5.74) is 4.82. The van der Waals surface area contributed by atoms with E-state index < -0.39 is 0 Å². The highest BCUT2D eigenvalue weighted by atomic mass is 16.5. The number of piperazine rings is 1. The maximum absolute atomic E-state index is 12.8. The van der Waals surface area contributed by atoms with E-state index in [4.69, 9.17) is 14.7 Å². The van der Waals surface area contributed by atoms with Gasteiger partial charge in [-0.3, -0.25) is 4.79 Å². The third-order valence-corrected chi connectivity index (χ3v) is 9.45. The molecule has 0 unspecified atom stereocenters. The minimum Gasteiger partial charge on any atom is -0.462 e. The number of fused-ring (bicyclic) bond motifs is 2. The zero-order chi connectivity index (χ0) is 28.1. The van der Waals surface area contributed by atoms with Crippen LogP contribution in [0.4, 0.5) is 11.5 Å². The number of aromatic nitrogens is 2. The van der Waals surface area contributed by atoms with Crippen molar-refractivity contribution in [2.45, 2.75) is 57.8 Å². The molecule has 3 aromatic rings. The van der Waals surface area contributed by atoms with Gasteiger partial charge in [-0.25, -0.2) is 0 Å². The van der Waals surface area contributed by atoms with Crippen LogP contribution < -0.4 is 19.9 Å². The predicted octanol–water partition coefficient (Wildman–Crippen LogP) is 2.98. The molecule has 9 heteroatoms. The molecule has 1 aromatic heterocycles. The molecule has 3 atom stereocenters. The van der Waals surface area contributed by atoms with Crippen LogP contribution in [0.1, 0.15) is 36.6 Å². The Balaban J connectivity index is 1.19. The molecule has 9 nitrogen and oxygen atoms in total. The second-order valence-electron chi connectivity index (χ2n) is 12.3. The van der Waals surface area contributed by atoms with Gasteiger partial charge < -0.3 is 29.7 Å². The normalized spacial score (nSPS) is 24.6. The van der Waals surface area contributed by atoms with E-state index in [2.05, 4.69) is 77.3 Å². The van der Waals surface area contributed by atoms with Crippen LogP contribution in [-0.2, 0) is 17.8 Å². The topological polar surface area (TPSA) is 87.0 Å². The number of nitrogens with one attached hydrogen (secondary N) is 1. The van der Waals surface area contributed by atoms with Gasteiger partial charge in [-0.2, -0.15) is 9.97 Å². The summed E-state index contributed by atoms with van der Waals surface area (Å²) in [4.78, 5) is 32.1. The molecule has 3 fully saturated rings. The lowest BCUT2D eigenvalue weighted by Crippen LogP contribution is -2.56. The van der Waals surface area contributed by atoms with Crippen molar-refractivity contribution in [3.05, 3.63) is 53.2 Å². The summed E-state index contributed by atoms with van der Waals surface area (Å²) in [5.74, 6) is 1.22. The molecule has 4 aliphatic heterocycles. The van der Waals surface area contributed by atoms with Gasteiger partial charge in [0.15, 0.2) is 0 Å². The Hall–Kier alpha value is -3.43. The molecule has 0 aliphatic carbocycles. The fraction of sp³-hybridized carbons (Fsp3) is 0.531. The number of amides is 1. The van der Waals surface area contributed by atoms with Crippen molar-refractivity contribution in [2.24, 2.45) is 0 Å². The number of nitrogens with zero attached hydrogens (tertiary/aromatic N) is 6. The summed E-state index contributed by atoms with van der Waals surface area (Å²) >= 11 is 0. The van der Waals surface area contributed by atoms with E-state index in [1.54, 1.807) is 0 Å².